The maximum Gasteiger partial charge on any atom is 0.264 e. The van der Waals surface area contributed by atoms with Crippen molar-refractivity contribution in [2.45, 2.75) is 34.9 Å². The number of anilines is 1. The molecule has 0 spiro atoms. The highest BCUT2D eigenvalue weighted by atomic mass is 35.5. The number of halogens is 2. The Balaban J connectivity index is 1.64. The Bertz CT molecular complexity index is 1120. The number of nitrogens with zero attached hydrogens (tertiary/aromatic N) is 1. The number of benzene rings is 2. The van der Waals surface area contributed by atoms with E-state index in [4.69, 9.17) is 27.8 Å². The summed E-state index contributed by atoms with van der Waals surface area (Å²) >= 11 is 16.0. The Kier molecular flexibility index (Phi) is 7.18. The molecule has 5 nitrogen and oxygen atoms in total. The van der Waals surface area contributed by atoms with E-state index in [1.54, 1.807) is 23.5 Å². The van der Waals surface area contributed by atoms with Gasteiger partial charge in [0.2, 0.25) is 0 Å². The van der Waals surface area contributed by atoms with E-state index in [2.05, 4.69) is 24.0 Å². The third kappa shape index (κ3) is 5.38. The van der Waals surface area contributed by atoms with Crippen LogP contribution >= 0.6 is 46.7 Å². The van der Waals surface area contributed by atoms with Crippen LogP contribution in [0, 0.1) is 0 Å². The zero-order valence-corrected chi connectivity index (χ0v) is 20.8. The van der Waals surface area contributed by atoms with Gasteiger partial charge in [0, 0.05) is 33.6 Å². The van der Waals surface area contributed by atoms with Gasteiger partial charge in [0.15, 0.2) is 10.7 Å². The second-order valence-corrected chi connectivity index (χ2v) is 12.1. The molecule has 0 aromatic heterocycles. The summed E-state index contributed by atoms with van der Waals surface area (Å²) in [5.74, 6) is -0.265. The maximum absolute atomic E-state index is 11.2. The van der Waals surface area contributed by atoms with Crippen LogP contribution in [0.3, 0.4) is 0 Å². The lowest BCUT2D eigenvalue weighted by Gasteiger charge is -2.25. The number of hydrogen-bond donors (Lipinski definition) is 2. The van der Waals surface area contributed by atoms with E-state index in [1.807, 2.05) is 30.3 Å². The summed E-state index contributed by atoms with van der Waals surface area (Å²) in [7, 11) is -3.99. The molecular formula is C21H23Cl2N2O3S3+. The molecule has 2 aliphatic heterocycles. The molecule has 2 heterocycles. The summed E-state index contributed by atoms with van der Waals surface area (Å²) in [6.07, 6.45) is 3.63. The summed E-state index contributed by atoms with van der Waals surface area (Å²) in [5.41, 5.74) is 2.20. The van der Waals surface area contributed by atoms with Crippen molar-refractivity contribution in [2.75, 3.05) is 23.7 Å². The van der Waals surface area contributed by atoms with Crippen LogP contribution < -0.4 is 9.80 Å². The average Bonchev–Trinajstić information content (AvgIpc) is 3.19. The normalized spacial score (nSPS) is 21.5. The summed E-state index contributed by atoms with van der Waals surface area (Å²) < 4.78 is 31.6. The van der Waals surface area contributed by atoms with Crippen molar-refractivity contribution in [3.05, 3.63) is 57.5 Å². The Labute approximate surface area is 201 Å². The summed E-state index contributed by atoms with van der Waals surface area (Å²) in [4.78, 5) is 5.79. The number of hydrogen-bond acceptors (Lipinski definition) is 5. The maximum atomic E-state index is 11.2. The molecule has 0 fully saturated rings. The van der Waals surface area contributed by atoms with Crippen LogP contribution in [0.15, 0.2) is 57.3 Å². The van der Waals surface area contributed by atoms with E-state index in [1.165, 1.54) is 20.5 Å². The van der Waals surface area contributed by atoms with Crippen molar-refractivity contribution in [3.63, 3.8) is 0 Å². The third-order valence-electron chi connectivity index (χ3n) is 5.16. The molecular weight excluding hydrogens is 495 g/mol. The van der Waals surface area contributed by atoms with Crippen molar-refractivity contribution in [1.82, 2.24) is 0 Å². The van der Waals surface area contributed by atoms with Gasteiger partial charge in [0.25, 0.3) is 10.1 Å². The van der Waals surface area contributed by atoms with Crippen LogP contribution in [0.4, 0.5) is 11.4 Å². The van der Waals surface area contributed by atoms with Gasteiger partial charge < -0.3 is 4.90 Å². The molecule has 2 aromatic carbocycles. The zero-order valence-electron chi connectivity index (χ0n) is 16.8. The first-order valence-electron chi connectivity index (χ1n) is 9.99. The number of nitrogens with one attached hydrogen (secondary N) is 1. The summed E-state index contributed by atoms with van der Waals surface area (Å²) in [5, 5.41) is 2.60. The highest BCUT2D eigenvalue weighted by Gasteiger charge is 2.35. The highest BCUT2D eigenvalue weighted by molar-refractivity contribution is 8.03. The van der Waals surface area contributed by atoms with Gasteiger partial charge in [-0.3, -0.25) is 9.45 Å². The van der Waals surface area contributed by atoms with Crippen molar-refractivity contribution >= 4 is 68.2 Å². The van der Waals surface area contributed by atoms with E-state index in [0.717, 1.165) is 28.6 Å². The fourth-order valence-electron chi connectivity index (χ4n) is 3.85. The van der Waals surface area contributed by atoms with Crippen molar-refractivity contribution < 1.29 is 17.9 Å². The quantitative estimate of drug-likeness (QED) is 0.499. The Morgan fingerprint density at radius 3 is 2.58 bits per heavy atom. The van der Waals surface area contributed by atoms with Crippen LogP contribution in [0.5, 0.6) is 0 Å². The van der Waals surface area contributed by atoms with Gasteiger partial charge in [0.1, 0.15) is 5.37 Å². The monoisotopic (exact) mass is 517 g/mol. The van der Waals surface area contributed by atoms with Crippen LogP contribution in [-0.4, -0.2) is 37.2 Å². The first kappa shape index (κ1) is 23.3. The summed E-state index contributed by atoms with van der Waals surface area (Å²) in [6.45, 7) is 3.63. The van der Waals surface area contributed by atoms with Crippen LogP contribution in [0.25, 0.3) is 0 Å². The lowest BCUT2D eigenvalue weighted by Crippen LogP contribution is -3.03. The third-order valence-corrected chi connectivity index (χ3v) is 8.85. The second kappa shape index (κ2) is 9.55. The molecule has 0 saturated carbocycles. The zero-order chi connectivity index (χ0) is 22.2. The van der Waals surface area contributed by atoms with E-state index < -0.39 is 10.1 Å². The first-order chi connectivity index (χ1) is 14.7. The van der Waals surface area contributed by atoms with Crippen molar-refractivity contribution in [3.8, 4) is 0 Å². The van der Waals surface area contributed by atoms with E-state index in [-0.39, 0.29) is 11.1 Å². The van der Waals surface area contributed by atoms with Gasteiger partial charge in [-0.2, -0.15) is 8.42 Å². The SMILES string of the molecule is CCC[NH+]1C(=CC2Sc3ccc(Cl)cc3N2CCCS(=O)(=O)O)Sc2ccc(Cl)cc21. The Hall–Kier alpha value is -0.870. The minimum atomic E-state index is -3.99. The number of thioether (sulfide) groups is 2. The smallest absolute Gasteiger partial charge is 0.264 e. The molecule has 31 heavy (non-hydrogen) atoms. The Morgan fingerprint density at radius 1 is 1.16 bits per heavy atom. The lowest BCUT2D eigenvalue weighted by molar-refractivity contribution is -0.780. The molecule has 2 N–H and O–H groups in total. The minimum Gasteiger partial charge on any atom is -0.354 e. The van der Waals surface area contributed by atoms with Gasteiger partial charge in [-0.25, -0.2) is 0 Å². The Morgan fingerprint density at radius 2 is 1.87 bits per heavy atom. The van der Waals surface area contributed by atoms with Gasteiger partial charge in [0.05, 0.1) is 22.9 Å². The predicted molar refractivity (Wildman–Crippen MR) is 131 cm³/mol. The molecule has 0 amide bonds. The average molecular weight is 519 g/mol. The molecule has 0 aliphatic carbocycles. The number of rotatable bonds is 7. The number of quaternary nitrogens is 1. The van der Waals surface area contributed by atoms with Gasteiger partial charge in [-0.1, -0.05) is 41.9 Å². The van der Waals surface area contributed by atoms with Crippen LogP contribution in [-0.2, 0) is 10.1 Å². The topological polar surface area (TPSA) is 62.0 Å². The standard InChI is InChI=1S/C21H22Cl2N2O3S3/c1-2-8-24-16-11-14(22)4-6-18(16)29-20(24)13-21-25(9-3-10-31(26,27)28)17-12-15(23)5-7-19(17)30-21/h4-7,11-13,21H,2-3,8-10H2,1H3,(H,26,27,28)/p+1. The van der Waals surface area contributed by atoms with Gasteiger partial charge in [-0.05, 0) is 54.9 Å². The first-order valence-corrected chi connectivity index (χ1v) is 14.0. The lowest BCUT2D eigenvalue weighted by atomic mass is 10.2. The minimum absolute atomic E-state index is 0.00834. The molecule has 166 valence electrons. The largest absolute Gasteiger partial charge is 0.354 e. The molecule has 2 aromatic rings. The van der Waals surface area contributed by atoms with E-state index >= 15 is 0 Å². The molecule has 2 unspecified atom stereocenters. The van der Waals surface area contributed by atoms with Gasteiger partial charge >= 0.3 is 0 Å². The van der Waals surface area contributed by atoms with Crippen molar-refractivity contribution in [1.29, 1.82) is 0 Å². The molecule has 0 saturated heterocycles. The van der Waals surface area contributed by atoms with Crippen molar-refractivity contribution in [2.24, 2.45) is 0 Å². The highest BCUT2D eigenvalue weighted by Crippen LogP contribution is 2.46. The molecule has 10 heteroatoms. The summed E-state index contributed by atoms with van der Waals surface area (Å²) in [6, 6.07) is 11.8. The van der Waals surface area contributed by atoms with Crippen LogP contribution in [0.1, 0.15) is 19.8 Å². The predicted octanol–water partition coefficient (Wildman–Crippen LogP) is 5.08. The molecule has 2 atom stereocenters. The van der Waals surface area contributed by atoms with E-state index in [0.29, 0.717) is 18.0 Å². The fourth-order valence-corrected chi connectivity index (χ4v) is 7.22. The second-order valence-electron chi connectivity index (χ2n) is 7.46. The molecule has 0 bridgehead atoms. The molecule has 4 rings (SSSR count). The number of fused-ring (bicyclic) bond motifs is 2. The van der Waals surface area contributed by atoms with Gasteiger partial charge in [-0.15, -0.1) is 0 Å². The molecule has 0 radical (unpaired) electrons. The molecule has 2 aliphatic rings. The van der Waals surface area contributed by atoms with Crippen LogP contribution in [0.2, 0.25) is 10.0 Å². The van der Waals surface area contributed by atoms with E-state index in [9.17, 15) is 8.42 Å². The fraction of sp³-hybridized carbons (Fsp3) is 0.333.